The van der Waals surface area contributed by atoms with Gasteiger partial charge in [0, 0.05) is 5.38 Å². The summed E-state index contributed by atoms with van der Waals surface area (Å²) in [5.74, 6) is -0.840. The van der Waals surface area contributed by atoms with Gasteiger partial charge in [0.25, 0.3) is 0 Å². The maximum absolute atomic E-state index is 10.8. The molecule has 2 N–H and O–H groups in total. The number of benzene rings is 1. The lowest BCUT2D eigenvalue weighted by Crippen LogP contribution is -2.02. The predicted molar refractivity (Wildman–Crippen MR) is 75.1 cm³/mol. The van der Waals surface area contributed by atoms with Gasteiger partial charge in [-0.05, 0) is 29.5 Å². The molecule has 1 aromatic carbocycles. The number of carboxylic acid groups (broad SMARTS) is 1. The van der Waals surface area contributed by atoms with E-state index < -0.39 is 5.97 Å². The molecule has 0 saturated carbocycles. The number of aryl methyl sites for hydroxylation is 1. The minimum atomic E-state index is -0.840. The summed E-state index contributed by atoms with van der Waals surface area (Å²) in [6.07, 6.45) is 0.00926. The molecule has 2 aromatic rings. The fourth-order valence-corrected chi connectivity index (χ4v) is 2.72. The van der Waals surface area contributed by atoms with E-state index in [2.05, 4.69) is 5.32 Å². The maximum Gasteiger partial charge on any atom is 0.307 e. The van der Waals surface area contributed by atoms with Crippen molar-refractivity contribution >= 4 is 40.3 Å². The van der Waals surface area contributed by atoms with Crippen molar-refractivity contribution < 1.29 is 9.90 Å². The molecule has 0 aliphatic carbocycles. The van der Waals surface area contributed by atoms with E-state index in [1.54, 1.807) is 6.07 Å². The minimum Gasteiger partial charge on any atom is -0.481 e. The van der Waals surface area contributed by atoms with Gasteiger partial charge in [-0.15, -0.1) is 11.3 Å². The number of hydrogen-bond acceptors (Lipinski definition) is 3. The van der Waals surface area contributed by atoms with E-state index in [-0.39, 0.29) is 6.42 Å². The lowest BCUT2D eigenvalue weighted by Gasteiger charge is -2.11. The highest BCUT2D eigenvalue weighted by Gasteiger charge is 2.10. The maximum atomic E-state index is 10.8. The second-order valence-corrected chi connectivity index (χ2v) is 5.09. The molecule has 18 heavy (non-hydrogen) atoms. The predicted octanol–water partition coefficient (Wildman–Crippen LogP) is 4.08. The van der Waals surface area contributed by atoms with Crippen molar-refractivity contribution in [2.45, 2.75) is 13.3 Å². The van der Waals surface area contributed by atoms with Gasteiger partial charge in [-0.2, -0.15) is 0 Å². The van der Waals surface area contributed by atoms with Crippen LogP contribution in [-0.2, 0) is 11.2 Å². The highest BCUT2D eigenvalue weighted by molar-refractivity contribution is 7.08. The summed E-state index contributed by atoms with van der Waals surface area (Å²) in [4.78, 5) is 10.8. The third-order valence-electron chi connectivity index (χ3n) is 2.57. The topological polar surface area (TPSA) is 49.3 Å². The molecule has 0 saturated heterocycles. The molecule has 94 valence electrons. The van der Waals surface area contributed by atoms with Crippen LogP contribution in [0.15, 0.2) is 29.0 Å². The van der Waals surface area contributed by atoms with Crippen molar-refractivity contribution in [1.29, 1.82) is 0 Å². The molecule has 1 heterocycles. The zero-order valence-corrected chi connectivity index (χ0v) is 11.3. The number of carboxylic acids is 1. The molecule has 3 nitrogen and oxygen atoms in total. The van der Waals surface area contributed by atoms with Crippen molar-refractivity contribution in [1.82, 2.24) is 0 Å². The van der Waals surface area contributed by atoms with E-state index in [0.29, 0.717) is 5.02 Å². The molecule has 1 aromatic heterocycles. The molecule has 0 spiro atoms. The second-order valence-electron chi connectivity index (χ2n) is 3.94. The van der Waals surface area contributed by atoms with E-state index in [4.69, 9.17) is 16.7 Å². The molecule has 0 unspecified atom stereocenters. The number of rotatable bonds is 4. The molecule has 0 aliphatic heterocycles. The van der Waals surface area contributed by atoms with Gasteiger partial charge in [0.15, 0.2) is 0 Å². The summed E-state index contributed by atoms with van der Waals surface area (Å²) < 4.78 is 0. The lowest BCUT2D eigenvalue weighted by molar-refractivity contribution is -0.136. The summed E-state index contributed by atoms with van der Waals surface area (Å²) in [5, 5.41) is 16.4. The Hall–Kier alpha value is -1.52. The first kappa shape index (κ1) is 12.9. The SMILES string of the molecule is Cc1cccc(Cl)c1Nc1cscc1CC(=O)O. The summed E-state index contributed by atoms with van der Waals surface area (Å²) in [7, 11) is 0. The molecule has 0 fully saturated rings. The van der Waals surface area contributed by atoms with Crippen LogP contribution in [0, 0.1) is 6.92 Å². The fourth-order valence-electron chi connectivity index (χ4n) is 1.66. The smallest absolute Gasteiger partial charge is 0.307 e. The van der Waals surface area contributed by atoms with Crippen LogP contribution < -0.4 is 5.32 Å². The van der Waals surface area contributed by atoms with Crippen molar-refractivity contribution in [3.8, 4) is 0 Å². The molecule has 0 atom stereocenters. The van der Waals surface area contributed by atoms with E-state index >= 15 is 0 Å². The van der Waals surface area contributed by atoms with Crippen molar-refractivity contribution in [3.63, 3.8) is 0 Å². The van der Waals surface area contributed by atoms with Gasteiger partial charge in [0.2, 0.25) is 0 Å². The fraction of sp³-hybridized carbons (Fsp3) is 0.154. The molecule has 0 amide bonds. The summed E-state index contributed by atoms with van der Waals surface area (Å²) in [6.45, 7) is 1.96. The Morgan fingerprint density at radius 1 is 1.44 bits per heavy atom. The normalized spacial score (nSPS) is 10.3. The van der Waals surface area contributed by atoms with Gasteiger partial charge in [0.1, 0.15) is 0 Å². The van der Waals surface area contributed by atoms with Gasteiger partial charge >= 0.3 is 5.97 Å². The Labute approximate surface area is 114 Å². The molecule has 5 heteroatoms. The number of para-hydroxylation sites is 1. The Kier molecular flexibility index (Phi) is 3.89. The van der Waals surface area contributed by atoms with Crippen molar-refractivity contribution in [2.24, 2.45) is 0 Å². The Balaban J connectivity index is 2.29. The number of aliphatic carboxylic acids is 1. The number of nitrogens with one attached hydrogen (secondary N) is 1. The van der Waals surface area contributed by atoms with Crippen LogP contribution in [-0.4, -0.2) is 11.1 Å². The highest BCUT2D eigenvalue weighted by atomic mass is 35.5. The van der Waals surface area contributed by atoms with Gasteiger partial charge < -0.3 is 10.4 Å². The summed E-state index contributed by atoms with van der Waals surface area (Å²) >= 11 is 7.60. The summed E-state index contributed by atoms with van der Waals surface area (Å²) in [5.41, 5.74) is 3.42. The first-order valence-electron chi connectivity index (χ1n) is 5.37. The van der Waals surface area contributed by atoms with Gasteiger partial charge in [-0.3, -0.25) is 4.79 Å². The molecule has 0 aliphatic rings. The largest absolute Gasteiger partial charge is 0.481 e. The molecule has 2 rings (SSSR count). The Morgan fingerprint density at radius 2 is 2.22 bits per heavy atom. The molecule has 0 bridgehead atoms. The first-order chi connectivity index (χ1) is 8.58. The first-order valence-corrected chi connectivity index (χ1v) is 6.69. The number of hydrogen-bond donors (Lipinski definition) is 2. The van der Waals surface area contributed by atoms with Crippen LogP contribution in [0.3, 0.4) is 0 Å². The zero-order valence-electron chi connectivity index (χ0n) is 9.74. The molecular formula is C13H12ClNO2S. The Bertz CT molecular complexity index is 560. The average molecular weight is 282 g/mol. The van der Waals surface area contributed by atoms with E-state index in [1.165, 1.54) is 11.3 Å². The second kappa shape index (κ2) is 5.42. The van der Waals surface area contributed by atoms with E-state index in [1.807, 2.05) is 29.8 Å². The lowest BCUT2D eigenvalue weighted by atomic mass is 10.1. The number of halogens is 1. The van der Waals surface area contributed by atoms with Crippen molar-refractivity contribution in [3.05, 3.63) is 45.1 Å². The third-order valence-corrected chi connectivity index (χ3v) is 3.67. The number of anilines is 2. The van der Waals surface area contributed by atoms with Gasteiger partial charge in [-0.1, -0.05) is 23.7 Å². The molecular weight excluding hydrogens is 270 g/mol. The minimum absolute atomic E-state index is 0.00926. The van der Waals surface area contributed by atoms with Crippen LogP contribution in [0.5, 0.6) is 0 Å². The highest BCUT2D eigenvalue weighted by Crippen LogP contribution is 2.31. The van der Waals surface area contributed by atoms with Gasteiger partial charge in [0.05, 0.1) is 22.8 Å². The zero-order chi connectivity index (χ0) is 13.1. The van der Waals surface area contributed by atoms with E-state index in [0.717, 1.165) is 22.5 Å². The van der Waals surface area contributed by atoms with E-state index in [9.17, 15) is 4.79 Å². The van der Waals surface area contributed by atoms with Crippen molar-refractivity contribution in [2.75, 3.05) is 5.32 Å². The van der Waals surface area contributed by atoms with Crippen LogP contribution in [0.2, 0.25) is 5.02 Å². The average Bonchev–Trinajstić information content (AvgIpc) is 2.70. The van der Waals surface area contributed by atoms with Crippen LogP contribution in [0.1, 0.15) is 11.1 Å². The monoisotopic (exact) mass is 281 g/mol. The number of carbonyl (C=O) groups is 1. The van der Waals surface area contributed by atoms with Crippen LogP contribution in [0.25, 0.3) is 0 Å². The van der Waals surface area contributed by atoms with Crippen LogP contribution in [0.4, 0.5) is 11.4 Å². The molecule has 0 radical (unpaired) electrons. The third kappa shape index (κ3) is 2.83. The summed E-state index contributed by atoms with van der Waals surface area (Å²) in [6, 6.07) is 5.65. The number of thiophene rings is 1. The quantitative estimate of drug-likeness (QED) is 0.888. The Morgan fingerprint density at radius 3 is 2.89 bits per heavy atom. The standard InChI is InChI=1S/C13H12ClNO2S/c1-8-3-2-4-10(14)13(8)15-11-7-18-6-9(11)5-12(16)17/h2-4,6-7,15H,5H2,1H3,(H,16,17). The van der Waals surface area contributed by atoms with Gasteiger partial charge in [-0.25, -0.2) is 0 Å². The van der Waals surface area contributed by atoms with Crippen LogP contribution >= 0.6 is 22.9 Å².